The summed E-state index contributed by atoms with van der Waals surface area (Å²) in [6, 6.07) is 15.7. The number of benzene rings is 2. The number of ether oxygens (including phenoxy) is 1. The van der Waals surface area contributed by atoms with E-state index in [1.54, 1.807) is 18.2 Å². The third-order valence-electron chi connectivity index (χ3n) is 3.06. The zero-order valence-electron chi connectivity index (χ0n) is 11.2. The number of carbonyl (C=O) groups is 1. The largest absolute Gasteiger partial charge is 0.468 e. The molecule has 0 aliphatic carbocycles. The minimum Gasteiger partial charge on any atom is -0.468 e. The number of hydrogen-bond acceptors (Lipinski definition) is 3. The Hall–Kier alpha value is -2.36. The summed E-state index contributed by atoms with van der Waals surface area (Å²) in [5.74, 6) is -1.16. The van der Waals surface area contributed by atoms with Crippen molar-refractivity contribution in [2.75, 3.05) is 19.0 Å². The minimum absolute atomic E-state index is 0.275. The maximum atomic E-state index is 13.5. The van der Waals surface area contributed by atoms with E-state index in [1.165, 1.54) is 13.2 Å². The average molecular weight is 273 g/mol. The highest BCUT2D eigenvalue weighted by molar-refractivity contribution is 5.78. The molecule has 2 aromatic rings. The van der Waals surface area contributed by atoms with Crippen molar-refractivity contribution >= 4 is 11.7 Å². The number of methoxy groups -OCH3 is 1. The van der Waals surface area contributed by atoms with E-state index in [0.29, 0.717) is 5.69 Å². The molecular weight excluding hydrogens is 257 g/mol. The van der Waals surface area contributed by atoms with Crippen LogP contribution < -0.4 is 5.32 Å². The van der Waals surface area contributed by atoms with Crippen LogP contribution in [0, 0.1) is 5.82 Å². The highest BCUT2D eigenvalue weighted by atomic mass is 19.1. The zero-order chi connectivity index (χ0) is 14.4. The molecule has 0 aliphatic heterocycles. The minimum atomic E-state index is -0.471. The van der Waals surface area contributed by atoms with E-state index in [9.17, 15) is 9.18 Å². The van der Waals surface area contributed by atoms with Crippen LogP contribution in [0.1, 0.15) is 11.5 Å². The van der Waals surface area contributed by atoms with E-state index < -0.39 is 5.92 Å². The van der Waals surface area contributed by atoms with E-state index in [-0.39, 0.29) is 18.3 Å². The van der Waals surface area contributed by atoms with Crippen molar-refractivity contribution in [3.63, 3.8) is 0 Å². The smallest absolute Gasteiger partial charge is 0.314 e. The lowest BCUT2D eigenvalue weighted by Crippen LogP contribution is -2.22. The molecule has 2 rings (SSSR count). The lowest BCUT2D eigenvalue weighted by atomic mass is 9.99. The fourth-order valence-electron chi connectivity index (χ4n) is 1.98. The molecule has 0 saturated carbocycles. The molecule has 104 valence electrons. The molecule has 0 aliphatic rings. The van der Waals surface area contributed by atoms with E-state index in [0.717, 1.165) is 5.56 Å². The number of esters is 1. The number of rotatable bonds is 5. The van der Waals surface area contributed by atoms with Gasteiger partial charge in [0.2, 0.25) is 0 Å². The SMILES string of the molecule is COC(=O)C(CNc1ccccc1F)c1ccccc1. The van der Waals surface area contributed by atoms with Gasteiger partial charge in [0.05, 0.1) is 18.7 Å². The maximum absolute atomic E-state index is 13.5. The van der Waals surface area contributed by atoms with E-state index in [2.05, 4.69) is 5.32 Å². The van der Waals surface area contributed by atoms with Crippen molar-refractivity contribution in [2.24, 2.45) is 0 Å². The molecule has 0 heterocycles. The molecule has 1 N–H and O–H groups in total. The Morgan fingerprint density at radius 1 is 1.15 bits per heavy atom. The fraction of sp³-hybridized carbons (Fsp3) is 0.188. The highest BCUT2D eigenvalue weighted by Crippen LogP contribution is 2.19. The van der Waals surface area contributed by atoms with Crippen molar-refractivity contribution in [3.8, 4) is 0 Å². The lowest BCUT2D eigenvalue weighted by Gasteiger charge is -2.16. The summed E-state index contributed by atoms with van der Waals surface area (Å²) in [6.07, 6.45) is 0. The molecule has 1 unspecified atom stereocenters. The van der Waals surface area contributed by atoms with Gasteiger partial charge in [0.15, 0.2) is 0 Å². The molecule has 4 heteroatoms. The predicted octanol–water partition coefficient (Wildman–Crippen LogP) is 3.19. The predicted molar refractivity (Wildman–Crippen MR) is 76.1 cm³/mol. The second-order valence-corrected chi connectivity index (χ2v) is 4.35. The van der Waals surface area contributed by atoms with Gasteiger partial charge in [-0.15, -0.1) is 0 Å². The molecular formula is C16H16FNO2. The van der Waals surface area contributed by atoms with Gasteiger partial charge in [-0.2, -0.15) is 0 Å². The van der Waals surface area contributed by atoms with Crippen molar-refractivity contribution < 1.29 is 13.9 Å². The molecule has 0 spiro atoms. The van der Waals surface area contributed by atoms with Crippen LogP contribution in [0.3, 0.4) is 0 Å². The van der Waals surface area contributed by atoms with Gasteiger partial charge in [-0.05, 0) is 17.7 Å². The molecule has 0 amide bonds. The van der Waals surface area contributed by atoms with Crippen LogP contribution >= 0.6 is 0 Å². The Morgan fingerprint density at radius 2 is 1.80 bits per heavy atom. The molecule has 0 saturated heterocycles. The summed E-state index contributed by atoms with van der Waals surface area (Å²) in [7, 11) is 1.35. The first-order valence-electron chi connectivity index (χ1n) is 6.33. The van der Waals surface area contributed by atoms with E-state index in [1.807, 2.05) is 30.3 Å². The molecule has 0 fully saturated rings. The Labute approximate surface area is 117 Å². The number of nitrogens with one attached hydrogen (secondary N) is 1. The third kappa shape index (κ3) is 3.35. The van der Waals surface area contributed by atoms with Crippen molar-refractivity contribution in [3.05, 3.63) is 66.0 Å². The number of halogens is 1. The second kappa shape index (κ2) is 6.70. The van der Waals surface area contributed by atoms with Crippen molar-refractivity contribution in [1.29, 1.82) is 0 Å². The van der Waals surface area contributed by atoms with Crippen LogP contribution in [0.4, 0.5) is 10.1 Å². The number of carbonyl (C=O) groups excluding carboxylic acids is 1. The highest BCUT2D eigenvalue weighted by Gasteiger charge is 2.21. The summed E-state index contributed by atoms with van der Waals surface area (Å²) in [5.41, 5.74) is 1.21. The van der Waals surface area contributed by atoms with Gasteiger partial charge < -0.3 is 10.1 Å². The first-order chi connectivity index (χ1) is 9.72. The molecule has 0 aromatic heterocycles. The normalized spacial score (nSPS) is 11.7. The number of para-hydroxylation sites is 1. The van der Waals surface area contributed by atoms with Gasteiger partial charge in [-0.25, -0.2) is 4.39 Å². The van der Waals surface area contributed by atoms with Gasteiger partial charge in [-0.3, -0.25) is 4.79 Å². The zero-order valence-corrected chi connectivity index (χ0v) is 11.2. The molecule has 20 heavy (non-hydrogen) atoms. The summed E-state index contributed by atoms with van der Waals surface area (Å²) >= 11 is 0. The van der Waals surface area contributed by atoms with Gasteiger partial charge in [-0.1, -0.05) is 42.5 Å². The van der Waals surface area contributed by atoms with Gasteiger partial charge in [0, 0.05) is 6.54 Å². The van der Waals surface area contributed by atoms with Crippen molar-refractivity contribution in [1.82, 2.24) is 0 Å². The summed E-state index contributed by atoms with van der Waals surface area (Å²) in [4.78, 5) is 11.9. The Morgan fingerprint density at radius 3 is 2.45 bits per heavy atom. The van der Waals surface area contributed by atoms with Crippen LogP contribution in [0.2, 0.25) is 0 Å². The van der Waals surface area contributed by atoms with Crippen molar-refractivity contribution in [2.45, 2.75) is 5.92 Å². The van der Waals surface area contributed by atoms with Gasteiger partial charge >= 0.3 is 5.97 Å². The van der Waals surface area contributed by atoms with Gasteiger partial charge in [0.1, 0.15) is 5.82 Å². The van der Waals surface area contributed by atoms with E-state index >= 15 is 0 Å². The van der Waals surface area contributed by atoms with Crippen LogP contribution in [-0.4, -0.2) is 19.6 Å². The van der Waals surface area contributed by atoms with Crippen LogP contribution in [0.15, 0.2) is 54.6 Å². The van der Waals surface area contributed by atoms with E-state index in [4.69, 9.17) is 4.74 Å². The quantitative estimate of drug-likeness (QED) is 0.850. The second-order valence-electron chi connectivity index (χ2n) is 4.35. The Balaban J connectivity index is 2.14. The number of hydrogen-bond donors (Lipinski definition) is 1. The fourth-order valence-corrected chi connectivity index (χ4v) is 1.98. The third-order valence-corrected chi connectivity index (χ3v) is 3.06. The summed E-state index contributed by atoms with van der Waals surface area (Å²) < 4.78 is 18.4. The Kier molecular flexibility index (Phi) is 4.71. The maximum Gasteiger partial charge on any atom is 0.314 e. The molecule has 2 aromatic carbocycles. The first kappa shape index (κ1) is 14.1. The standard InChI is InChI=1S/C16H16FNO2/c1-20-16(19)13(12-7-3-2-4-8-12)11-18-15-10-6-5-9-14(15)17/h2-10,13,18H,11H2,1H3. The molecule has 1 atom stereocenters. The summed E-state index contributed by atoms with van der Waals surface area (Å²) in [6.45, 7) is 0.275. The van der Waals surface area contributed by atoms with Gasteiger partial charge in [0.25, 0.3) is 0 Å². The average Bonchev–Trinajstić information content (AvgIpc) is 2.50. The lowest BCUT2D eigenvalue weighted by molar-refractivity contribution is -0.142. The van der Waals surface area contributed by atoms with Crippen LogP contribution in [-0.2, 0) is 9.53 Å². The van der Waals surface area contributed by atoms with Crippen LogP contribution in [0.25, 0.3) is 0 Å². The molecule has 0 radical (unpaired) electrons. The monoisotopic (exact) mass is 273 g/mol. The topological polar surface area (TPSA) is 38.3 Å². The summed E-state index contributed by atoms with van der Waals surface area (Å²) in [5, 5.41) is 2.95. The number of anilines is 1. The molecule has 0 bridgehead atoms. The Bertz CT molecular complexity index is 572. The first-order valence-corrected chi connectivity index (χ1v) is 6.33. The van der Waals surface area contributed by atoms with Crippen LogP contribution in [0.5, 0.6) is 0 Å². The molecule has 3 nitrogen and oxygen atoms in total.